The minimum atomic E-state index is 0.612. The molecular formula is C21H29N5O. The Morgan fingerprint density at radius 2 is 1.70 bits per heavy atom. The molecule has 0 N–H and O–H groups in total. The lowest BCUT2D eigenvalue weighted by Gasteiger charge is -2.31. The van der Waals surface area contributed by atoms with Crippen LogP contribution in [0.4, 0.5) is 5.95 Å². The molecule has 2 aromatic heterocycles. The number of hydrogen-bond acceptors (Lipinski definition) is 6. The molecule has 0 saturated carbocycles. The highest BCUT2D eigenvalue weighted by atomic mass is 16.5. The predicted octanol–water partition coefficient (Wildman–Crippen LogP) is 3.15. The van der Waals surface area contributed by atoms with Crippen molar-refractivity contribution in [1.29, 1.82) is 0 Å². The maximum atomic E-state index is 5.82. The van der Waals surface area contributed by atoms with Crippen LogP contribution in [-0.2, 0) is 6.54 Å². The highest BCUT2D eigenvalue weighted by Gasteiger charge is 2.20. The molecule has 0 aliphatic carbocycles. The molecule has 0 spiro atoms. The molecule has 6 heteroatoms. The van der Waals surface area contributed by atoms with E-state index in [0.29, 0.717) is 5.92 Å². The predicted molar refractivity (Wildman–Crippen MR) is 106 cm³/mol. The van der Waals surface area contributed by atoms with Crippen molar-refractivity contribution in [3.63, 3.8) is 0 Å². The highest BCUT2D eigenvalue weighted by molar-refractivity contribution is 5.30. The number of hydrogen-bond donors (Lipinski definition) is 0. The molecule has 2 aliphatic rings. The maximum absolute atomic E-state index is 5.82. The fourth-order valence-corrected chi connectivity index (χ4v) is 3.89. The molecule has 2 saturated heterocycles. The molecule has 0 aromatic carbocycles. The largest absolute Gasteiger partial charge is 0.477 e. The van der Waals surface area contributed by atoms with E-state index in [1.807, 2.05) is 30.6 Å². The van der Waals surface area contributed by atoms with Gasteiger partial charge in [-0.05, 0) is 57.2 Å². The van der Waals surface area contributed by atoms with Gasteiger partial charge in [-0.3, -0.25) is 4.90 Å². The molecule has 144 valence electrons. The molecule has 0 amide bonds. The van der Waals surface area contributed by atoms with Gasteiger partial charge in [0.15, 0.2) is 0 Å². The van der Waals surface area contributed by atoms with Gasteiger partial charge in [0.1, 0.15) is 0 Å². The zero-order valence-corrected chi connectivity index (χ0v) is 16.0. The molecule has 4 heterocycles. The van der Waals surface area contributed by atoms with Crippen LogP contribution in [0.5, 0.6) is 5.88 Å². The van der Waals surface area contributed by atoms with Gasteiger partial charge >= 0.3 is 0 Å². The second-order valence-corrected chi connectivity index (χ2v) is 7.64. The first kappa shape index (κ1) is 18.2. The van der Waals surface area contributed by atoms with Crippen LogP contribution in [0.25, 0.3) is 0 Å². The van der Waals surface area contributed by atoms with Crippen molar-refractivity contribution < 1.29 is 4.74 Å². The number of pyridine rings is 1. The van der Waals surface area contributed by atoms with Gasteiger partial charge in [-0.15, -0.1) is 0 Å². The third-order valence-electron chi connectivity index (χ3n) is 5.55. The molecule has 4 rings (SSSR count). The van der Waals surface area contributed by atoms with E-state index in [2.05, 4.69) is 24.8 Å². The van der Waals surface area contributed by atoms with Gasteiger partial charge in [0.25, 0.3) is 0 Å². The Labute approximate surface area is 161 Å². The van der Waals surface area contributed by atoms with Crippen LogP contribution >= 0.6 is 0 Å². The number of likely N-dealkylation sites (tertiary alicyclic amines) is 1. The number of piperidine rings is 2. The summed E-state index contributed by atoms with van der Waals surface area (Å²) in [6, 6.07) is 5.79. The molecule has 0 unspecified atom stereocenters. The molecule has 0 bridgehead atoms. The average Bonchev–Trinajstić information content (AvgIpc) is 2.75. The Bertz CT molecular complexity index is 679. The summed E-state index contributed by atoms with van der Waals surface area (Å²) < 4.78 is 5.82. The quantitative estimate of drug-likeness (QED) is 0.782. The van der Waals surface area contributed by atoms with Gasteiger partial charge < -0.3 is 9.64 Å². The first-order chi connectivity index (χ1) is 13.4. The number of aromatic nitrogens is 3. The number of rotatable bonds is 6. The van der Waals surface area contributed by atoms with Crippen molar-refractivity contribution in [2.45, 2.75) is 38.6 Å². The maximum Gasteiger partial charge on any atom is 0.225 e. The number of anilines is 1. The van der Waals surface area contributed by atoms with Gasteiger partial charge in [0.2, 0.25) is 11.8 Å². The summed E-state index contributed by atoms with van der Waals surface area (Å²) in [5.74, 6) is 2.23. The van der Waals surface area contributed by atoms with Crippen LogP contribution in [0, 0.1) is 5.92 Å². The third kappa shape index (κ3) is 5.16. The minimum absolute atomic E-state index is 0.612. The number of nitrogens with zero attached hydrogens (tertiary/aromatic N) is 5. The van der Waals surface area contributed by atoms with Crippen LogP contribution in [0.1, 0.15) is 37.7 Å². The molecule has 2 fully saturated rings. The van der Waals surface area contributed by atoms with Crippen LogP contribution in [0.2, 0.25) is 0 Å². The molecule has 6 nitrogen and oxygen atoms in total. The van der Waals surface area contributed by atoms with E-state index < -0.39 is 0 Å². The summed E-state index contributed by atoms with van der Waals surface area (Å²) >= 11 is 0. The molecular weight excluding hydrogens is 338 g/mol. The molecule has 0 radical (unpaired) electrons. The minimum Gasteiger partial charge on any atom is -0.477 e. The lowest BCUT2D eigenvalue weighted by atomic mass is 9.97. The summed E-state index contributed by atoms with van der Waals surface area (Å²) in [4.78, 5) is 18.2. The van der Waals surface area contributed by atoms with E-state index in [-0.39, 0.29) is 0 Å². The smallest absolute Gasteiger partial charge is 0.225 e. The Morgan fingerprint density at radius 3 is 2.41 bits per heavy atom. The first-order valence-corrected chi connectivity index (χ1v) is 10.2. The summed E-state index contributed by atoms with van der Waals surface area (Å²) in [5, 5.41) is 0. The van der Waals surface area contributed by atoms with Crippen molar-refractivity contribution in [2.75, 3.05) is 37.7 Å². The summed E-state index contributed by atoms with van der Waals surface area (Å²) in [6.45, 7) is 6.09. The van der Waals surface area contributed by atoms with Crippen molar-refractivity contribution in [3.05, 3.63) is 42.4 Å². The first-order valence-electron chi connectivity index (χ1n) is 10.2. The lowest BCUT2D eigenvalue weighted by molar-refractivity contribution is 0.134. The van der Waals surface area contributed by atoms with Gasteiger partial charge in [-0.25, -0.2) is 15.0 Å². The van der Waals surface area contributed by atoms with Gasteiger partial charge in [0, 0.05) is 49.9 Å². The molecule has 2 aromatic rings. The number of ether oxygens (including phenoxy) is 1. The van der Waals surface area contributed by atoms with E-state index in [0.717, 1.165) is 51.2 Å². The van der Waals surface area contributed by atoms with Crippen molar-refractivity contribution in [3.8, 4) is 5.88 Å². The normalized spacial score (nSPS) is 19.2. The highest BCUT2D eigenvalue weighted by Crippen LogP contribution is 2.21. The lowest BCUT2D eigenvalue weighted by Crippen LogP contribution is -2.35. The van der Waals surface area contributed by atoms with Crippen LogP contribution in [-0.4, -0.2) is 52.6 Å². The van der Waals surface area contributed by atoms with Crippen molar-refractivity contribution >= 4 is 5.95 Å². The Morgan fingerprint density at radius 1 is 0.926 bits per heavy atom. The van der Waals surface area contributed by atoms with Gasteiger partial charge in [-0.1, -0.05) is 6.07 Å². The fourth-order valence-electron chi connectivity index (χ4n) is 3.89. The summed E-state index contributed by atoms with van der Waals surface area (Å²) in [5.41, 5.74) is 1.21. The van der Waals surface area contributed by atoms with Gasteiger partial charge in [0.05, 0.1) is 6.61 Å². The third-order valence-corrected chi connectivity index (χ3v) is 5.55. The molecule has 2 aliphatic heterocycles. The van der Waals surface area contributed by atoms with Crippen LogP contribution in [0.3, 0.4) is 0 Å². The molecule has 27 heavy (non-hydrogen) atoms. The van der Waals surface area contributed by atoms with Crippen molar-refractivity contribution in [2.24, 2.45) is 5.92 Å². The topological polar surface area (TPSA) is 54.4 Å². The Hall–Kier alpha value is -2.21. The Kier molecular flexibility index (Phi) is 6.14. The summed E-state index contributed by atoms with van der Waals surface area (Å²) in [7, 11) is 0. The second-order valence-electron chi connectivity index (χ2n) is 7.64. The second kappa shape index (κ2) is 9.13. The van der Waals surface area contributed by atoms with E-state index >= 15 is 0 Å². The zero-order chi connectivity index (χ0) is 18.3. The average molecular weight is 367 g/mol. The standard InChI is InChI=1S/C21H29N5O/c1-4-10-26(11-5-1)21-23-14-19(15-24-21)16-25-12-7-18(8-13-25)17-27-20-6-2-3-9-22-20/h2-3,6,9,14-15,18H,1,4-5,7-8,10-13,16-17H2. The fraction of sp³-hybridized carbons (Fsp3) is 0.571. The van der Waals surface area contributed by atoms with E-state index in [1.165, 1.54) is 37.7 Å². The van der Waals surface area contributed by atoms with Crippen molar-refractivity contribution in [1.82, 2.24) is 19.9 Å². The van der Waals surface area contributed by atoms with E-state index in [4.69, 9.17) is 4.74 Å². The van der Waals surface area contributed by atoms with Gasteiger partial charge in [-0.2, -0.15) is 0 Å². The molecule has 0 atom stereocenters. The van der Waals surface area contributed by atoms with Crippen LogP contribution < -0.4 is 9.64 Å². The Balaban J connectivity index is 1.21. The summed E-state index contributed by atoms with van der Waals surface area (Å²) in [6.07, 6.45) is 12.0. The van der Waals surface area contributed by atoms with Crippen LogP contribution in [0.15, 0.2) is 36.8 Å². The SMILES string of the molecule is c1ccc(OCC2CCN(Cc3cnc(N4CCCCC4)nc3)CC2)nc1. The zero-order valence-electron chi connectivity index (χ0n) is 16.0. The van der Waals surface area contributed by atoms with E-state index in [9.17, 15) is 0 Å². The van der Waals surface area contributed by atoms with E-state index in [1.54, 1.807) is 6.20 Å². The monoisotopic (exact) mass is 367 g/mol.